The molecule has 0 heterocycles. The van der Waals surface area contributed by atoms with Gasteiger partial charge in [0.2, 0.25) is 0 Å². The maximum atomic E-state index is 11.9. The Balaban J connectivity index is 2.09. The van der Waals surface area contributed by atoms with Gasteiger partial charge in [-0.05, 0) is 36.4 Å². The van der Waals surface area contributed by atoms with E-state index in [9.17, 15) is 4.79 Å². The third-order valence-electron chi connectivity index (χ3n) is 2.65. The van der Waals surface area contributed by atoms with Crippen LogP contribution in [0.15, 0.2) is 52.0 Å². The number of benzene rings is 2. The Bertz CT molecular complexity index is 689. The zero-order chi connectivity index (χ0) is 15.2. The van der Waals surface area contributed by atoms with Crippen LogP contribution in [0.25, 0.3) is 0 Å². The Morgan fingerprint density at radius 1 is 1.33 bits per heavy atom. The Kier molecular flexibility index (Phi) is 5.36. The van der Waals surface area contributed by atoms with E-state index in [1.54, 1.807) is 43.5 Å². The summed E-state index contributed by atoms with van der Waals surface area (Å²) >= 11 is 9.23. The minimum atomic E-state index is -0.298. The highest BCUT2D eigenvalue weighted by molar-refractivity contribution is 9.10. The second-order valence-corrected chi connectivity index (χ2v) is 5.45. The molecule has 2 aromatic carbocycles. The summed E-state index contributed by atoms with van der Waals surface area (Å²) in [5, 5.41) is 4.48. The molecule has 0 atom stereocenters. The van der Waals surface area contributed by atoms with Gasteiger partial charge >= 0.3 is 0 Å². The predicted molar refractivity (Wildman–Crippen MR) is 87.2 cm³/mol. The minimum absolute atomic E-state index is 0.298. The van der Waals surface area contributed by atoms with Crippen molar-refractivity contribution in [2.45, 2.75) is 0 Å². The second kappa shape index (κ2) is 7.24. The van der Waals surface area contributed by atoms with Crippen LogP contribution >= 0.6 is 27.5 Å². The maximum absolute atomic E-state index is 11.9. The van der Waals surface area contributed by atoms with Gasteiger partial charge in [-0.2, -0.15) is 5.10 Å². The smallest absolute Gasteiger partial charge is 0.271 e. The van der Waals surface area contributed by atoms with Gasteiger partial charge in [-0.15, -0.1) is 0 Å². The first-order chi connectivity index (χ1) is 10.1. The van der Waals surface area contributed by atoms with Crippen molar-refractivity contribution in [3.63, 3.8) is 0 Å². The van der Waals surface area contributed by atoms with Crippen LogP contribution in [0.1, 0.15) is 15.9 Å². The van der Waals surface area contributed by atoms with Gasteiger partial charge in [0.05, 0.1) is 13.3 Å². The molecular weight excluding hydrogens is 356 g/mol. The van der Waals surface area contributed by atoms with Crippen molar-refractivity contribution in [1.82, 2.24) is 5.43 Å². The molecule has 0 unspecified atom stereocenters. The monoisotopic (exact) mass is 366 g/mol. The molecule has 6 heteroatoms. The molecule has 0 fully saturated rings. The third kappa shape index (κ3) is 4.31. The van der Waals surface area contributed by atoms with Gasteiger partial charge < -0.3 is 4.74 Å². The SMILES string of the molecule is COc1ccc(Cl)cc1C=NNC(=O)c1cccc(Br)c1. The van der Waals surface area contributed by atoms with E-state index in [2.05, 4.69) is 26.5 Å². The molecule has 0 aromatic heterocycles. The number of ether oxygens (including phenoxy) is 1. The number of hydrogen-bond donors (Lipinski definition) is 1. The average Bonchev–Trinajstić information content (AvgIpc) is 2.47. The summed E-state index contributed by atoms with van der Waals surface area (Å²) in [6.07, 6.45) is 1.49. The Hall–Kier alpha value is -1.85. The van der Waals surface area contributed by atoms with E-state index >= 15 is 0 Å². The first-order valence-corrected chi connectivity index (χ1v) is 7.20. The van der Waals surface area contributed by atoms with Crippen molar-refractivity contribution in [3.8, 4) is 5.75 Å². The maximum Gasteiger partial charge on any atom is 0.271 e. The van der Waals surface area contributed by atoms with Gasteiger partial charge in [-0.25, -0.2) is 5.43 Å². The van der Waals surface area contributed by atoms with Gasteiger partial charge in [0.25, 0.3) is 5.91 Å². The molecule has 108 valence electrons. The number of hydrogen-bond acceptors (Lipinski definition) is 3. The molecule has 1 amide bonds. The highest BCUT2D eigenvalue weighted by Crippen LogP contribution is 2.20. The molecule has 4 nitrogen and oxygen atoms in total. The number of methoxy groups -OCH3 is 1. The standard InChI is InChI=1S/C15H12BrClN2O2/c1-21-14-6-5-13(17)8-11(14)9-18-19-15(20)10-3-2-4-12(16)7-10/h2-9H,1H3,(H,19,20). The van der Waals surface area contributed by atoms with Crippen molar-refractivity contribution >= 4 is 39.7 Å². The van der Waals surface area contributed by atoms with Gasteiger partial charge in [-0.1, -0.05) is 33.6 Å². The Morgan fingerprint density at radius 3 is 2.86 bits per heavy atom. The van der Waals surface area contributed by atoms with E-state index in [4.69, 9.17) is 16.3 Å². The van der Waals surface area contributed by atoms with Crippen molar-refractivity contribution in [2.24, 2.45) is 5.10 Å². The van der Waals surface area contributed by atoms with Gasteiger partial charge in [0.15, 0.2) is 0 Å². The van der Waals surface area contributed by atoms with Gasteiger partial charge in [-0.3, -0.25) is 4.79 Å². The largest absolute Gasteiger partial charge is 0.496 e. The van der Waals surface area contributed by atoms with E-state index in [1.807, 2.05) is 6.07 Å². The molecule has 0 aliphatic rings. The van der Waals surface area contributed by atoms with E-state index in [1.165, 1.54) is 6.21 Å². The zero-order valence-electron chi connectivity index (χ0n) is 11.1. The van der Waals surface area contributed by atoms with Gasteiger partial charge in [0.1, 0.15) is 5.75 Å². The van der Waals surface area contributed by atoms with E-state index in [-0.39, 0.29) is 5.91 Å². The van der Waals surface area contributed by atoms with Crippen LogP contribution in [0.4, 0.5) is 0 Å². The number of carbonyl (C=O) groups excluding carboxylic acids is 1. The molecule has 0 saturated heterocycles. The van der Waals surface area contributed by atoms with Crippen molar-refractivity contribution < 1.29 is 9.53 Å². The Morgan fingerprint density at radius 2 is 2.14 bits per heavy atom. The average molecular weight is 368 g/mol. The predicted octanol–water partition coefficient (Wildman–Crippen LogP) is 3.88. The number of carbonyl (C=O) groups is 1. The van der Waals surface area contributed by atoms with Crippen LogP contribution in [0.5, 0.6) is 5.75 Å². The minimum Gasteiger partial charge on any atom is -0.496 e. The number of halogens is 2. The van der Waals surface area contributed by atoms with Crippen LogP contribution in [-0.2, 0) is 0 Å². The lowest BCUT2D eigenvalue weighted by Gasteiger charge is -2.04. The first kappa shape index (κ1) is 15.5. The molecule has 0 saturated carbocycles. The molecule has 1 N–H and O–H groups in total. The fourth-order valence-electron chi connectivity index (χ4n) is 1.66. The highest BCUT2D eigenvalue weighted by Gasteiger charge is 2.05. The fourth-order valence-corrected chi connectivity index (χ4v) is 2.24. The van der Waals surface area contributed by atoms with Crippen LogP contribution in [0, 0.1) is 0 Å². The fraction of sp³-hybridized carbons (Fsp3) is 0.0667. The summed E-state index contributed by atoms with van der Waals surface area (Å²) in [6, 6.07) is 12.2. The second-order valence-electron chi connectivity index (χ2n) is 4.10. The molecule has 2 aromatic rings. The van der Waals surface area contributed by atoms with E-state index in [0.29, 0.717) is 21.9 Å². The van der Waals surface area contributed by atoms with Crippen molar-refractivity contribution in [1.29, 1.82) is 0 Å². The van der Waals surface area contributed by atoms with E-state index < -0.39 is 0 Å². The normalized spacial score (nSPS) is 10.6. The van der Waals surface area contributed by atoms with Gasteiger partial charge in [0, 0.05) is 20.6 Å². The molecule has 0 bridgehead atoms. The third-order valence-corrected chi connectivity index (χ3v) is 3.38. The Labute approximate surface area is 135 Å². The molecular formula is C15H12BrClN2O2. The lowest BCUT2D eigenvalue weighted by Crippen LogP contribution is -2.17. The highest BCUT2D eigenvalue weighted by atomic mass is 79.9. The van der Waals surface area contributed by atoms with Crippen molar-refractivity contribution in [3.05, 3.63) is 63.1 Å². The summed E-state index contributed by atoms with van der Waals surface area (Å²) in [5.41, 5.74) is 3.65. The quantitative estimate of drug-likeness (QED) is 0.659. The van der Waals surface area contributed by atoms with Crippen LogP contribution in [0.3, 0.4) is 0 Å². The molecule has 0 aliphatic carbocycles. The number of nitrogens with one attached hydrogen (secondary N) is 1. The van der Waals surface area contributed by atoms with E-state index in [0.717, 1.165) is 4.47 Å². The lowest BCUT2D eigenvalue weighted by atomic mass is 10.2. The number of rotatable bonds is 4. The molecule has 0 spiro atoms. The molecule has 0 aliphatic heterocycles. The molecule has 0 radical (unpaired) electrons. The number of nitrogens with zero attached hydrogens (tertiary/aromatic N) is 1. The summed E-state index contributed by atoms with van der Waals surface area (Å²) in [6.45, 7) is 0. The lowest BCUT2D eigenvalue weighted by molar-refractivity contribution is 0.0955. The summed E-state index contributed by atoms with van der Waals surface area (Å²) in [7, 11) is 1.56. The topological polar surface area (TPSA) is 50.7 Å². The number of hydrazone groups is 1. The molecule has 2 rings (SSSR count). The van der Waals surface area contributed by atoms with Crippen LogP contribution < -0.4 is 10.2 Å². The zero-order valence-corrected chi connectivity index (χ0v) is 13.5. The first-order valence-electron chi connectivity index (χ1n) is 6.02. The van der Waals surface area contributed by atoms with Crippen LogP contribution in [0.2, 0.25) is 5.02 Å². The number of amides is 1. The van der Waals surface area contributed by atoms with Crippen molar-refractivity contribution in [2.75, 3.05) is 7.11 Å². The summed E-state index contributed by atoms with van der Waals surface area (Å²) < 4.78 is 6.02. The molecule has 21 heavy (non-hydrogen) atoms. The van der Waals surface area contributed by atoms with Crippen LogP contribution in [-0.4, -0.2) is 19.2 Å². The summed E-state index contributed by atoms with van der Waals surface area (Å²) in [5.74, 6) is 0.327. The summed E-state index contributed by atoms with van der Waals surface area (Å²) in [4.78, 5) is 11.9.